The summed E-state index contributed by atoms with van der Waals surface area (Å²) in [5.74, 6) is 0.601. The molecule has 132 valence electrons. The molecule has 0 spiro atoms. The summed E-state index contributed by atoms with van der Waals surface area (Å²) in [6, 6.07) is 2.50. The monoisotopic (exact) mass is 342 g/mol. The summed E-state index contributed by atoms with van der Waals surface area (Å²) < 4.78 is 37.7. The van der Waals surface area contributed by atoms with E-state index in [0.717, 1.165) is 44.5 Å². The van der Waals surface area contributed by atoms with Crippen molar-refractivity contribution in [3.8, 4) is 0 Å². The molecule has 2 N–H and O–H groups in total. The van der Waals surface area contributed by atoms with E-state index in [0.29, 0.717) is 18.9 Å². The average Bonchev–Trinajstić information content (AvgIpc) is 3.09. The number of rotatable bonds is 3. The van der Waals surface area contributed by atoms with Gasteiger partial charge in [0, 0.05) is 25.3 Å². The molecule has 0 radical (unpaired) electrons. The van der Waals surface area contributed by atoms with E-state index < -0.39 is 11.7 Å². The second-order valence-electron chi connectivity index (χ2n) is 6.32. The number of amides is 1. The maximum atomic E-state index is 12.6. The summed E-state index contributed by atoms with van der Waals surface area (Å²) in [5, 5.41) is 6.24. The average molecular weight is 342 g/mol. The number of carbonyl (C=O) groups is 1. The number of alkyl halides is 3. The molecule has 0 bridgehead atoms. The molecule has 1 atom stereocenters. The predicted molar refractivity (Wildman–Crippen MR) is 83.6 cm³/mol. The van der Waals surface area contributed by atoms with Gasteiger partial charge < -0.3 is 15.5 Å². The highest BCUT2D eigenvalue weighted by molar-refractivity contribution is 5.82. The molecule has 0 saturated carbocycles. The van der Waals surface area contributed by atoms with Gasteiger partial charge in [-0.25, -0.2) is 4.98 Å². The Labute approximate surface area is 138 Å². The van der Waals surface area contributed by atoms with E-state index in [2.05, 4.69) is 15.6 Å². The van der Waals surface area contributed by atoms with Crippen LogP contribution < -0.4 is 15.5 Å². The van der Waals surface area contributed by atoms with Crippen LogP contribution in [-0.2, 0) is 11.0 Å². The molecule has 0 aromatic carbocycles. The van der Waals surface area contributed by atoms with Crippen molar-refractivity contribution in [1.29, 1.82) is 0 Å². The highest BCUT2D eigenvalue weighted by Gasteiger charge is 2.31. The van der Waals surface area contributed by atoms with Crippen LogP contribution in [-0.4, -0.2) is 42.6 Å². The van der Waals surface area contributed by atoms with Crippen LogP contribution in [0.5, 0.6) is 0 Å². The van der Waals surface area contributed by atoms with Crippen LogP contribution in [0, 0.1) is 0 Å². The lowest BCUT2D eigenvalue weighted by atomic mass is 10.0. The zero-order valence-electron chi connectivity index (χ0n) is 13.3. The summed E-state index contributed by atoms with van der Waals surface area (Å²) in [5.41, 5.74) is -0.738. The van der Waals surface area contributed by atoms with E-state index >= 15 is 0 Å². The van der Waals surface area contributed by atoms with E-state index in [1.165, 1.54) is 6.07 Å². The molecule has 1 aromatic rings. The molecule has 5 nitrogen and oxygen atoms in total. The third-order valence-electron chi connectivity index (χ3n) is 4.62. The summed E-state index contributed by atoms with van der Waals surface area (Å²) in [6.45, 7) is 2.22. The van der Waals surface area contributed by atoms with Gasteiger partial charge in [-0.2, -0.15) is 13.2 Å². The molecule has 2 aliphatic rings. The van der Waals surface area contributed by atoms with Gasteiger partial charge in [0.15, 0.2) is 0 Å². The molecule has 1 aromatic heterocycles. The van der Waals surface area contributed by atoms with Gasteiger partial charge in [0.1, 0.15) is 5.82 Å². The number of anilines is 1. The number of piperidine rings is 1. The van der Waals surface area contributed by atoms with E-state index in [1.54, 1.807) is 0 Å². The van der Waals surface area contributed by atoms with Gasteiger partial charge >= 0.3 is 6.18 Å². The third-order valence-corrected chi connectivity index (χ3v) is 4.62. The van der Waals surface area contributed by atoms with Crippen molar-refractivity contribution in [3.63, 3.8) is 0 Å². The maximum Gasteiger partial charge on any atom is 0.417 e. The molecule has 0 aliphatic carbocycles. The molecule has 1 unspecified atom stereocenters. The summed E-state index contributed by atoms with van der Waals surface area (Å²) >= 11 is 0. The van der Waals surface area contributed by atoms with Crippen LogP contribution in [0.3, 0.4) is 0 Å². The number of aromatic nitrogens is 1. The van der Waals surface area contributed by atoms with Gasteiger partial charge in [-0.15, -0.1) is 0 Å². The standard InChI is InChI=1S/C16H21F3N4O/c17-16(18,19)11-3-4-14(21-10-11)23-8-5-12(6-9-23)22-15(24)13-2-1-7-20-13/h3-4,10,12-13,20H,1-2,5-9H2,(H,22,24). The fraction of sp³-hybridized carbons (Fsp3) is 0.625. The summed E-state index contributed by atoms with van der Waals surface area (Å²) in [7, 11) is 0. The van der Waals surface area contributed by atoms with Gasteiger partial charge in [-0.05, 0) is 44.4 Å². The number of carbonyl (C=O) groups excluding carboxylic acids is 1. The molecule has 24 heavy (non-hydrogen) atoms. The smallest absolute Gasteiger partial charge is 0.356 e. The van der Waals surface area contributed by atoms with Crippen LogP contribution in [0.2, 0.25) is 0 Å². The Balaban J connectivity index is 1.50. The molecule has 8 heteroatoms. The Morgan fingerprint density at radius 3 is 2.54 bits per heavy atom. The Morgan fingerprint density at radius 2 is 2.00 bits per heavy atom. The third kappa shape index (κ3) is 3.98. The summed E-state index contributed by atoms with van der Waals surface area (Å²) in [4.78, 5) is 18.0. The molecule has 2 aliphatic heterocycles. The molecular weight excluding hydrogens is 321 g/mol. The Bertz CT molecular complexity index is 562. The lowest BCUT2D eigenvalue weighted by Gasteiger charge is -2.33. The van der Waals surface area contributed by atoms with Crippen LogP contribution >= 0.6 is 0 Å². The number of pyridine rings is 1. The quantitative estimate of drug-likeness (QED) is 0.881. The predicted octanol–water partition coefficient (Wildman–Crippen LogP) is 1.94. The zero-order chi connectivity index (χ0) is 17.2. The molecular formula is C16H21F3N4O. The fourth-order valence-corrected chi connectivity index (χ4v) is 3.20. The van der Waals surface area contributed by atoms with Crippen molar-refractivity contribution in [2.75, 3.05) is 24.5 Å². The molecule has 2 saturated heterocycles. The highest BCUT2D eigenvalue weighted by Crippen LogP contribution is 2.29. The van der Waals surface area contributed by atoms with E-state index in [4.69, 9.17) is 0 Å². The first-order chi connectivity index (χ1) is 11.4. The van der Waals surface area contributed by atoms with Crippen molar-refractivity contribution < 1.29 is 18.0 Å². The minimum atomic E-state index is -4.36. The lowest BCUT2D eigenvalue weighted by molar-refractivity contribution is -0.137. The largest absolute Gasteiger partial charge is 0.417 e. The topological polar surface area (TPSA) is 57.3 Å². The number of nitrogens with zero attached hydrogens (tertiary/aromatic N) is 2. The van der Waals surface area contributed by atoms with Gasteiger partial charge in [-0.3, -0.25) is 4.79 Å². The highest BCUT2D eigenvalue weighted by atomic mass is 19.4. The van der Waals surface area contributed by atoms with Crippen molar-refractivity contribution in [2.24, 2.45) is 0 Å². The van der Waals surface area contributed by atoms with Gasteiger partial charge in [0.25, 0.3) is 0 Å². The lowest BCUT2D eigenvalue weighted by Crippen LogP contribution is -2.49. The zero-order valence-corrected chi connectivity index (χ0v) is 13.3. The van der Waals surface area contributed by atoms with E-state index in [9.17, 15) is 18.0 Å². The van der Waals surface area contributed by atoms with Crippen molar-refractivity contribution >= 4 is 11.7 Å². The van der Waals surface area contributed by atoms with Gasteiger partial charge in [-0.1, -0.05) is 0 Å². The second kappa shape index (κ2) is 6.96. The number of hydrogen-bond acceptors (Lipinski definition) is 4. The summed E-state index contributed by atoms with van der Waals surface area (Å²) in [6.07, 6.45) is -0.0648. The molecule has 3 rings (SSSR count). The molecule has 1 amide bonds. The van der Waals surface area contributed by atoms with Crippen LogP contribution in [0.25, 0.3) is 0 Å². The normalized spacial score (nSPS) is 22.6. The van der Waals surface area contributed by atoms with Crippen molar-refractivity contribution in [1.82, 2.24) is 15.6 Å². The van der Waals surface area contributed by atoms with E-state index in [1.807, 2.05) is 4.90 Å². The number of hydrogen-bond donors (Lipinski definition) is 2. The minimum absolute atomic E-state index is 0.0543. The first-order valence-electron chi connectivity index (χ1n) is 8.25. The Hall–Kier alpha value is -1.83. The second-order valence-corrected chi connectivity index (χ2v) is 6.32. The van der Waals surface area contributed by atoms with Crippen molar-refractivity contribution in [2.45, 2.75) is 43.9 Å². The van der Waals surface area contributed by atoms with Crippen LogP contribution in [0.15, 0.2) is 18.3 Å². The Morgan fingerprint density at radius 1 is 1.25 bits per heavy atom. The maximum absolute atomic E-state index is 12.6. The SMILES string of the molecule is O=C(NC1CCN(c2ccc(C(F)(F)F)cn2)CC1)C1CCCN1. The van der Waals surface area contributed by atoms with Crippen LogP contribution in [0.4, 0.5) is 19.0 Å². The first kappa shape index (κ1) is 17.0. The minimum Gasteiger partial charge on any atom is -0.356 e. The number of halogens is 3. The first-order valence-corrected chi connectivity index (χ1v) is 8.25. The van der Waals surface area contributed by atoms with Crippen molar-refractivity contribution in [3.05, 3.63) is 23.9 Å². The Kier molecular flexibility index (Phi) is 4.93. The van der Waals surface area contributed by atoms with E-state index in [-0.39, 0.29) is 18.0 Å². The van der Waals surface area contributed by atoms with Gasteiger partial charge in [0.2, 0.25) is 5.91 Å². The molecule has 2 fully saturated rings. The fourth-order valence-electron chi connectivity index (χ4n) is 3.20. The van der Waals surface area contributed by atoms with Gasteiger partial charge in [0.05, 0.1) is 11.6 Å². The molecule has 3 heterocycles. The number of nitrogens with one attached hydrogen (secondary N) is 2. The van der Waals surface area contributed by atoms with Crippen LogP contribution in [0.1, 0.15) is 31.2 Å².